The molecule has 0 radical (unpaired) electrons. The van der Waals surface area contributed by atoms with Crippen LogP contribution in [0.2, 0.25) is 0 Å². The summed E-state index contributed by atoms with van der Waals surface area (Å²) < 4.78 is 0.315. The van der Waals surface area contributed by atoms with Crippen LogP contribution in [-0.4, -0.2) is 20.9 Å². The number of aromatic nitrogens is 3. The van der Waals surface area contributed by atoms with Crippen LogP contribution in [0.5, 0.6) is 0 Å². The Morgan fingerprint density at radius 3 is 2.19 bits per heavy atom. The van der Waals surface area contributed by atoms with Gasteiger partial charge in [-0.05, 0) is 12.1 Å². The number of hydrogen-bond donors (Lipinski definition) is 2. The van der Waals surface area contributed by atoms with Gasteiger partial charge >= 0.3 is 17.3 Å². The van der Waals surface area contributed by atoms with Crippen molar-refractivity contribution >= 4 is 5.97 Å². The summed E-state index contributed by atoms with van der Waals surface area (Å²) in [4.78, 5) is 38.1. The van der Waals surface area contributed by atoms with Crippen LogP contribution < -0.4 is 16.2 Å². The van der Waals surface area contributed by atoms with Crippen LogP contribution in [0.1, 0.15) is 10.4 Å². The smallest absolute Gasteiger partial charge is 0.322 e. The molecule has 0 aliphatic carbocycles. The van der Waals surface area contributed by atoms with Gasteiger partial charge in [-0.2, -0.15) is 0 Å². The van der Waals surface area contributed by atoms with Crippen LogP contribution in [-0.2, 0) is 0 Å². The Morgan fingerprint density at radius 2 is 1.62 bits per heavy atom. The van der Waals surface area contributed by atoms with Crippen LogP contribution in [0.4, 0.5) is 0 Å². The highest BCUT2D eigenvalue weighted by Crippen LogP contribution is 1.97. The molecule has 2 rings (SSSR count). The number of H-pyrrole nitrogens is 2. The maximum absolute atomic E-state index is 11.5. The summed E-state index contributed by atoms with van der Waals surface area (Å²) in [5, 5.41) is 3.97. The fourth-order valence-corrected chi connectivity index (χ4v) is 1.09. The molecule has 1 aromatic carbocycles. The average molecular weight is 221 g/mol. The predicted molar refractivity (Wildman–Crippen MR) is 53.0 cm³/mol. The number of aromatic amines is 2. The molecule has 82 valence electrons. The lowest BCUT2D eigenvalue weighted by atomic mass is 10.2. The van der Waals surface area contributed by atoms with Crippen molar-refractivity contribution in [3.63, 3.8) is 0 Å². The molecule has 0 bridgehead atoms. The van der Waals surface area contributed by atoms with E-state index in [1.54, 1.807) is 18.2 Å². The number of carbonyl (C=O) groups is 1. The lowest BCUT2D eigenvalue weighted by Crippen LogP contribution is -2.36. The summed E-state index contributed by atoms with van der Waals surface area (Å²) in [5.74, 6) is -0.784. The third kappa shape index (κ3) is 1.78. The van der Waals surface area contributed by atoms with Crippen molar-refractivity contribution in [1.29, 1.82) is 0 Å². The number of benzene rings is 1. The standard InChI is InChI=1S/C9H7N3O4/c13-7(6-4-2-1-3-5-6)16-12-8(14)10-11-9(12)15/h1-5H,(H,10,14)(H,11,15). The first-order valence-electron chi connectivity index (χ1n) is 4.36. The van der Waals surface area contributed by atoms with Gasteiger partial charge in [0.05, 0.1) is 5.56 Å². The van der Waals surface area contributed by atoms with E-state index in [4.69, 9.17) is 0 Å². The highest BCUT2D eigenvalue weighted by Gasteiger charge is 2.11. The molecule has 0 aliphatic heterocycles. The summed E-state index contributed by atoms with van der Waals surface area (Å²) in [6, 6.07) is 8.02. The molecule has 0 unspecified atom stereocenters. The Morgan fingerprint density at radius 1 is 1.06 bits per heavy atom. The molecular weight excluding hydrogens is 214 g/mol. The lowest BCUT2D eigenvalue weighted by molar-refractivity contribution is 0.0426. The fraction of sp³-hybridized carbons (Fsp3) is 0. The maximum Gasteiger partial charge on any atom is 0.378 e. The number of nitrogens with one attached hydrogen (secondary N) is 2. The molecule has 7 nitrogen and oxygen atoms in total. The van der Waals surface area contributed by atoms with Crippen molar-refractivity contribution in [3.05, 3.63) is 56.9 Å². The Bertz CT molecular complexity index is 580. The molecule has 7 heteroatoms. The third-order valence-electron chi connectivity index (χ3n) is 1.83. The average Bonchev–Trinajstić information content (AvgIpc) is 2.62. The fourth-order valence-electron chi connectivity index (χ4n) is 1.09. The van der Waals surface area contributed by atoms with Gasteiger partial charge in [0.1, 0.15) is 0 Å². The second kappa shape index (κ2) is 3.89. The van der Waals surface area contributed by atoms with Gasteiger partial charge in [0.15, 0.2) is 0 Å². The molecule has 0 amide bonds. The van der Waals surface area contributed by atoms with Crippen LogP contribution >= 0.6 is 0 Å². The van der Waals surface area contributed by atoms with Crippen LogP contribution in [0, 0.1) is 0 Å². The van der Waals surface area contributed by atoms with E-state index < -0.39 is 17.3 Å². The molecule has 2 aromatic rings. The van der Waals surface area contributed by atoms with Crippen LogP contribution in [0.25, 0.3) is 0 Å². The molecule has 0 saturated carbocycles. The summed E-state index contributed by atoms with van der Waals surface area (Å²) in [7, 11) is 0. The van der Waals surface area contributed by atoms with E-state index in [9.17, 15) is 14.4 Å². The predicted octanol–water partition coefficient (Wildman–Crippen LogP) is -0.866. The topological polar surface area (TPSA) is 96.9 Å². The van der Waals surface area contributed by atoms with Crippen LogP contribution in [0.3, 0.4) is 0 Å². The molecule has 2 N–H and O–H groups in total. The summed E-state index contributed by atoms with van der Waals surface area (Å²) >= 11 is 0. The minimum atomic E-state index is -0.839. The highest BCUT2D eigenvalue weighted by molar-refractivity contribution is 5.89. The zero-order valence-corrected chi connectivity index (χ0v) is 7.97. The number of rotatable bonds is 2. The van der Waals surface area contributed by atoms with Crippen molar-refractivity contribution < 1.29 is 9.63 Å². The van der Waals surface area contributed by atoms with Crippen molar-refractivity contribution in [2.24, 2.45) is 0 Å². The minimum Gasteiger partial charge on any atom is -0.322 e. The van der Waals surface area contributed by atoms with Gasteiger partial charge in [-0.15, -0.1) is 0 Å². The van der Waals surface area contributed by atoms with E-state index in [-0.39, 0.29) is 5.56 Å². The summed E-state index contributed by atoms with van der Waals surface area (Å²) in [5.41, 5.74) is -1.43. The summed E-state index contributed by atoms with van der Waals surface area (Å²) in [6.07, 6.45) is 0. The molecule has 0 saturated heterocycles. The first-order valence-corrected chi connectivity index (χ1v) is 4.36. The van der Waals surface area contributed by atoms with E-state index >= 15 is 0 Å². The SMILES string of the molecule is O=C(On1c(=O)[nH][nH]c1=O)c1ccccc1. The number of hydrogen-bond acceptors (Lipinski definition) is 4. The third-order valence-corrected chi connectivity index (χ3v) is 1.83. The second-order valence-electron chi connectivity index (χ2n) is 2.90. The van der Waals surface area contributed by atoms with Crippen molar-refractivity contribution in [1.82, 2.24) is 14.9 Å². The maximum atomic E-state index is 11.5. The molecule has 0 spiro atoms. The van der Waals surface area contributed by atoms with E-state index in [0.29, 0.717) is 4.73 Å². The Balaban J connectivity index is 2.28. The van der Waals surface area contributed by atoms with Gasteiger partial charge in [0.2, 0.25) is 0 Å². The largest absolute Gasteiger partial charge is 0.378 e. The number of carbonyl (C=O) groups excluding carboxylic acids is 1. The zero-order valence-electron chi connectivity index (χ0n) is 7.97. The van der Waals surface area contributed by atoms with Gasteiger partial charge in [0, 0.05) is 0 Å². The molecule has 1 aromatic heterocycles. The van der Waals surface area contributed by atoms with E-state index in [1.165, 1.54) is 12.1 Å². The zero-order chi connectivity index (χ0) is 11.5. The molecular formula is C9H7N3O4. The number of nitrogens with zero attached hydrogens (tertiary/aromatic N) is 1. The quantitative estimate of drug-likeness (QED) is 0.689. The van der Waals surface area contributed by atoms with Crippen LogP contribution in [0.15, 0.2) is 39.9 Å². The lowest BCUT2D eigenvalue weighted by Gasteiger charge is -2.00. The van der Waals surface area contributed by atoms with E-state index in [0.717, 1.165) is 0 Å². The molecule has 16 heavy (non-hydrogen) atoms. The van der Waals surface area contributed by atoms with Gasteiger partial charge in [-0.1, -0.05) is 22.9 Å². The second-order valence-corrected chi connectivity index (χ2v) is 2.90. The van der Waals surface area contributed by atoms with Crippen molar-refractivity contribution in [2.75, 3.05) is 0 Å². The summed E-state index contributed by atoms with van der Waals surface area (Å²) in [6.45, 7) is 0. The van der Waals surface area contributed by atoms with Gasteiger partial charge in [0.25, 0.3) is 0 Å². The molecule has 1 heterocycles. The Labute approximate surface area is 88.2 Å². The van der Waals surface area contributed by atoms with Gasteiger partial charge in [-0.3, -0.25) is 0 Å². The van der Waals surface area contributed by atoms with E-state index in [1.807, 2.05) is 10.2 Å². The van der Waals surface area contributed by atoms with Crippen molar-refractivity contribution in [2.45, 2.75) is 0 Å². The normalized spacial score (nSPS) is 10.0. The van der Waals surface area contributed by atoms with Gasteiger partial charge < -0.3 is 4.84 Å². The molecule has 0 fully saturated rings. The van der Waals surface area contributed by atoms with Gasteiger partial charge in [-0.25, -0.2) is 24.6 Å². The first-order chi connectivity index (χ1) is 7.68. The molecule has 0 atom stereocenters. The Kier molecular flexibility index (Phi) is 2.42. The molecule has 0 aliphatic rings. The Hall–Kier alpha value is -2.57. The monoisotopic (exact) mass is 221 g/mol. The highest BCUT2D eigenvalue weighted by atomic mass is 16.7. The first kappa shape index (κ1) is 9.97. The van der Waals surface area contributed by atoms with Crippen molar-refractivity contribution in [3.8, 4) is 0 Å². The minimum absolute atomic E-state index is 0.245. The van der Waals surface area contributed by atoms with E-state index in [2.05, 4.69) is 4.84 Å².